The highest BCUT2D eigenvalue weighted by molar-refractivity contribution is 8.03. The van der Waals surface area contributed by atoms with Crippen molar-refractivity contribution in [2.45, 2.75) is 8.42 Å². The van der Waals surface area contributed by atoms with Crippen LogP contribution in [0.25, 0.3) is 6.08 Å². The molecule has 28 heavy (non-hydrogen) atoms. The summed E-state index contributed by atoms with van der Waals surface area (Å²) >= 11 is 8.00. The second-order valence-corrected chi connectivity index (χ2v) is 9.36. The third-order valence-corrected chi connectivity index (χ3v) is 7.04. The summed E-state index contributed by atoms with van der Waals surface area (Å²) in [6.45, 7) is 3.90. The van der Waals surface area contributed by atoms with Crippen molar-refractivity contribution in [3.8, 4) is 5.75 Å². The number of methoxy groups -OCH3 is 3. The van der Waals surface area contributed by atoms with Crippen LogP contribution in [0.1, 0.15) is 5.56 Å². The summed E-state index contributed by atoms with van der Waals surface area (Å²) < 4.78 is 20.5. The number of thiophene rings is 1. The number of rotatable bonds is 10. The second kappa shape index (κ2) is 10.6. The van der Waals surface area contributed by atoms with E-state index < -0.39 is 0 Å². The van der Waals surface area contributed by atoms with Crippen molar-refractivity contribution < 1.29 is 14.2 Å². The lowest BCUT2D eigenvalue weighted by Crippen LogP contribution is -2.35. The van der Waals surface area contributed by atoms with Crippen LogP contribution in [0.4, 0.5) is 5.69 Å². The summed E-state index contributed by atoms with van der Waals surface area (Å²) in [6, 6.07) is 10.3. The molecule has 1 aromatic heterocycles. The largest absolute Gasteiger partial charge is 0.497 e. The van der Waals surface area contributed by atoms with Crippen molar-refractivity contribution in [3.05, 3.63) is 41.6 Å². The fourth-order valence-corrected chi connectivity index (χ4v) is 5.61. The van der Waals surface area contributed by atoms with Crippen LogP contribution in [0, 0.1) is 0 Å². The van der Waals surface area contributed by atoms with Crippen LogP contribution in [0.15, 0.2) is 44.4 Å². The Hall–Kier alpha value is -1.16. The summed E-state index contributed by atoms with van der Waals surface area (Å²) in [7, 11) is 5.16. The third kappa shape index (κ3) is 5.46. The molecule has 1 aliphatic rings. The molecule has 0 unspecified atom stereocenters. The highest BCUT2D eigenvalue weighted by Crippen LogP contribution is 2.45. The van der Waals surface area contributed by atoms with Crippen LogP contribution in [-0.4, -0.2) is 59.1 Å². The molecule has 2 aromatic rings. The summed E-state index contributed by atoms with van der Waals surface area (Å²) in [6.07, 6.45) is 2.26. The molecule has 0 saturated carbocycles. The maximum atomic E-state index is 5.31. The van der Waals surface area contributed by atoms with Crippen LogP contribution in [-0.2, 0) is 9.47 Å². The molecule has 1 aromatic carbocycles. The predicted molar refractivity (Wildman–Crippen MR) is 121 cm³/mol. The van der Waals surface area contributed by atoms with Gasteiger partial charge in [-0.2, -0.15) is 0 Å². The van der Waals surface area contributed by atoms with Gasteiger partial charge in [0.25, 0.3) is 0 Å². The molecule has 5 nitrogen and oxygen atoms in total. The molecule has 3 rings (SSSR count). The minimum absolute atomic E-state index is 0.692. The van der Waals surface area contributed by atoms with E-state index in [-0.39, 0.29) is 0 Å². The Morgan fingerprint density at radius 2 is 1.71 bits per heavy atom. The van der Waals surface area contributed by atoms with Gasteiger partial charge in [-0.3, -0.25) is 9.21 Å². The average molecular weight is 439 g/mol. The quantitative estimate of drug-likeness (QED) is 0.434. The van der Waals surface area contributed by atoms with Gasteiger partial charge < -0.3 is 14.2 Å². The molecule has 0 atom stereocenters. The standard InChI is InChI=1S/C20H26N2O3S3/c1-23-10-8-21(9-11-24-2)14-17-12-15-13-19(26)27-20(15)28-22(17)16-4-6-18(25-3)7-5-16/h4-7,12-13,26H,8-11,14H2,1-3H3. The van der Waals surface area contributed by atoms with Crippen LogP contribution in [0.2, 0.25) is 0 Å². The zero-order valence-corrected chi connectivity index (χ0v) is 18.9. The monoisotopic (exact) mass is 438 g/mol. The smallest absolute Gasteiger partial charge is 0.119 e. The first-order chi connectivity index (χ1) is 13.6. The SMILES string of the molecule is COCCN(CCOC)CC1=Cc2cc(S)sc2SN1c1ccc(OC)cc1. The third-order valence-electron chi connectivity index (χ3n) is 4.38. The Bertz CT molecular complexity index is 784. The van der Waals surface area contributed by atoms with E-state index in [0.717, 1.165) is 35.3 Å². The lowest BCUT2D eigenvalue weighted by atomic mass is 10.2. The van der Waals surface area contributed by atoms with Crippen molar-refractivity contribution in [1.29, 1.82) is 0 Å². The maximum absolute atomic E-state index is 5.31. The van der Waals surface area contributed by atoms with Gasteiger partial charge in [-0.1, -0.05) is 0 Å². The number of anilines is 1. The van der Waals surface area contributed by atoms with Gasteiger partial charge in [-0.05, 0) is 36.4 Å². The van der Waals surface area contributed by atoms with Gasteiger partial charge in [0.1, 0.15) is 5.75 Å². The van der Waals surface area contributed by atoms with Gasteiger partial charge in [0, 0.05) is 57.1 Å². The minimum atomic E-state index is 0.692. The van der Waals surface area contributed by atoms with Gasteiger partial charge in [0.15, 0.2) is 0 Å². The predicted octanol–water partition coefficient (Wildman–Crippen LogP) is 4.51. The molecule has 1 aliphatic heterocycles. The van der Waals surface area contributed by atoms with Gasteiger partial charge in [-0.15, -0.1) is 24.0 Å². The van der Waals surface area contributed by atoms with Crippen molar-refractivity contribution >= 4 is 47.7 Å². The number of benzene rings is 1. The van der Waals surface area contributed by atoms with E-state index in [0.29, 0.717) is 13.2 Å². The maximum Gasteiger partial charge on any atom is 0.119 e. The molecule has 2 heterocycles. The Morgan fingerprint density at radius 1 is 1.04 bits per heavy atom. The Morgan fingerprint density at radius 3 is 2.32 bits per heavy atom. The van der Waals surface area contributed by atoms with Crippen molar-refractivity contribution in [2.24, 2.45) is 0 Å². The number of hydrogen-bond acceptors (Lipinski definition) is 8. The summed E-state index contributed by atoms with van der Waals surface area (Å²) in [5.41, 5.74) is 3.58. The van der Waals surface area contributed by atoms with Crippen molar-refractivity contribution in [1.82, 2.24) is 4.90 Å². The van der Waals surface area contributed by atoms with Crippen molar-refractivity contribution in [2.75, 3.05) is 58.5 Å². The van der Waals surface area contributed by atoms with Gasteiger partial charge in [-0.25, -0.2) is 0 Å². The molecule has 8 heteroatoms. The molecule has 152 valence electrons. The molecular weight excluding hydrogens is 412 g/mol. The van der Waals surface area contributed by atoms with E-state index in [1.54, 1.807) is 44.6 Å². The van der Waals surface area contributed by atoms with E-state index >= 15 is 0 Å². The highest BCUT2D eigenvalue weighted by atomic mass is 32.2. The highest BCUT2D eigenvalue weighted by Gasteiger charge is 2.24. The first-order valence-corrected chi connectivity index (χ1v) is 11.0. The van der Waals surface area contributed by atoms with Crippen LogP contribution < -0.4 is 9.04 Å². The normalized spacial score (nSPS) is 13.6. The Balaban J connectivity index is 1.87. The fourth-order valence-electron chi connectivity index (χ4n) is 2.91. The Labute approximate surface area is 180 Å². The van der Waals surface area contributed by atoms with Crippen LogP contribution in [0.5, 0.6) is 5.75 Å². The summed E-state index contributed by atoms with van der Waals surface area (Å²) in [5, 5.41) is 0. The van der Waals surface area contributed by atoms with Gasteiger partial charge in [0.05, 0.1) is 34.4 Å². The number of thiol groups is 1. The number of fused-ring (bicyclic) bond motifs is 1. The molecule has 0 fully saturated rings. The van der Waals surface area contributed by atoms with Gasteiger partial charge >= 0.3 is 0 Å². The van der Waals surface area contributed by atoms with E-state index in [9.17, 15) is 0 Å². The van der Waals surface area contributed by atoms with E-state index in [2.05, 4.69) is 46.1 Å². The second-order valence-electron chi connectivity index (χ2n) is 6.31. The average Bonchev–Trinajstić information content (AvgIpc) is 3.08. The number of ether oxygens (including phenoxy) is 3. The topological polar surface area (TPSA) is 34.2 Å². The molecule has 0 amide bonds. The molecular formula is C20H26N2O3S3. The number of hydrogen-bond donors (Lipinski definition) is 1. The zero-order valence-electron chi connectivity index (χ0n) is 16.4. The summed E-state index contributed by atoms with van der Waals surface area (Å²) in [4.78, 5) is 2.36. The fraction of sp³-hybridized carbons (Fsp3) is 0.400. The summed E-state index contributed by atoms with van der Waals surface area (Å²) in [5.74, 6) is 0.854. The molecule has 0 bridgehead atoms. The number of nitrogens with zero attached hydrogens (tertiary/aromatic N) is 2. The molecule has 0 radical (unpaired) electrons. The van der Waals surface area contributed by atoms with E-state index in [1.807, 2.05) is 12.1 Å². The zero-order chi connectivity index (χ0) is 19.9. The van der Waals surface area contributed by atoms with E-state index in [1.165, 1.54) is 15.5 Å². The molecule has 0 aliphatic carbocycles. The minimum Gasteiger partial charge on any atom is -0.497 e. The van der Waals surface area contributed by atoms with Crippen LogP contribution in [0.3, 0.4) is 0 Å². The first kappa shape index (κ1) is 21.5. The lowest BCUT2D eigenvalue weighted by Gasteiger charge is -2.32. The molecule has 0 saturated heterocycles. The van der Waals surface area contributed by atoms with E-state index in [4.69, 9.17) is 14.2 Å². The van der Waals surface area contributed by atoms with Crippen LogP contribution >= 0.6 is 35.9 Å². The van der Waals surface area contributed by atoms with Gasteiger partial charge in [0.2, 0.25) is 0 Å². The Kier molecular flexibility index (Phi) is 8.13. The molecule has 0 N–H and O–H groups in total. The lowest BCUT2D eigenvalue weighted by molar-refractivity contribution is 0.119. The van der Waals surface area contributed by atoms with Crippen molar-refractivity contribution in [3.63, 3.8) is 0 Å². The molecule has 0 spiro atoms. The first-order valence-electron chi connectivity index (χ1n) is 9.00.